The van der Waals surface area contributed by atoms with Gasteiger partial charge in [0.1, 0.15) is 0 Å². The van der Waals surface area contributed by atoms with Gasteiger partial charge in [0.05, 0.1) is 6.04 Å². The van der Waals surface area contributed by atoms with Crippen LogP contribution in [0.1, 0.15) is 34.7 Å². The first-order valence-electron chi connectivity index (χ1n) is 8.88. The van der Waals surface area contributed by atoms with Crippen molar-refractivity contribution in [3.8, 4) is 0 Å². The zero-order chi connectivity index (χ0) is 19.2. The average Bonchev–Trinajstić information content (AvgIpc) is 2.66. The normalized spacial score (nSPS) is 11.8. The fourth-order valence-corrected chi connectivity index (χ4v) is 3.68. The van der Waals surface area contributed by atoms with E-state index in [0.717, 1.165) is 22.3 Å². The standard InChI is InChI=1S/C23H21Cl2NO/c1-16-7-5-10-18(15-16)23(17-8-3-2-4-9-17)26-22(27)14-13-19-20(24)11-6-12-21(19)25/h2-12,15,23H,13-14H2,1H3,(H,26,27). The number of carbonyl (C=O) groups excluding carboxylic acids is 1. The third-order valence-corrected chi connectivity index (χ3v) is 5.19. The number of hydrogen-bond donors (Lipinski definition) is 1. The highest BCUT2D eigenvalue weighted by Gasteiger charge is 2.17. The molecule has 0 saturated carbocycles. The predicted molar refractivity (Wildman–Crippen MR) is 112 cm³/mol. The van der Waals surface area contributed by atoms with Gasteiger partial charge >= 0.3 is 0 Å². The molecule has 0 aliphatic heterocycles. The minimum Gasteiger partial charge on any atom is -0.345 e. The SMILES string of the molecule is Cc1cccc(C(NC(=O)CCc2c(Cl)cccc2Cl)c2ccccc2)c1. The second-order valence-electron chi connectivity index (χ2n) is 6.53. The molecule has 0 fully saturated rings. The number of nitrogens with one attached hydrogen (secondary N) is 1. The summed E-state index contributed by atoms with van der Waals surface area (Å²) in [5.41, 5.74) is 4.07. The van der Waals surface area contributed by atoms with Crippen LogP contribution in [0.4, 0.5) is 0 Å². The molecule has 27 heavy (non-hydrogen) atoms. The third-order valence-electron chi connectivity index (χ3n) is 4.48. The molecular weight excluding hydrogens is 377 g/mol. The molecule has 1 amide bonds. The summed E-state index contributed by atoms with van der Waals surface area (Å²) in [6, 6.07) is 23.4. The molecule has 138 valence electrons. The molecule has 3 rings (SSSR count). The quantitative estimate of drug-likeness (QED) is 0.531. The Labute approximate surface area is 170 Å². The molecule has 0 heterocycles. The van der Waals surface area contributed by atoms with Crippen molar-refractivity contribution in [1.29, 1.82) is 0 Å². The molecule has 0 aliphatic rings. The maximum atomic E-state index is 12.7. The van der Waals surface area contributed by atoms with Crippen molar-refractivity contribution in [2.24, 2.45) is 0 Å². The topological polar surface area (TPSA) is 29.1 Å². The van der Waals surface area contributed by atoms with Crippen molar-refractivity contribution in [2.45, 2.75) is 25.8 Å². The van der Waals surface area contributed by atoms with Gasteiger partial charge in [-0.3, -0.25) is 4.79 Å². The van der Waals surface area contributed by atoms with Gasteiger partial charge in [-0.15, -0.1) is 0 Å². The van der Waals surface area contributed by atoms with Gasteiger partial charge in [-0.25, -0.2) is 0 Å². The Morgan fingerprint density at radius 2 is 1.52 bits per heavy atom. The molecule has 1 unspecified atom stereocenters. The van der Waals surface area contributed by atoms with Crippen LogP contribution < -0.4 is 5.32 Å². The lowest BCUT2D eigenvalue weighted by atomic mass is 9.97. The van der Waals surface area contributed by atoms with E-state index in [1.165, 1.54) is 0 Å². The van der Waals surface area contributed by atoms with Crippen molar-refractivity contribution in [3.63, 3.8) is 0 Å². The largest absolute Gasteiger partial charge is 0.345 e. The lowest BCUT2D eigenvalue weighted by Crippen LogP contribution is -2.29. The van der Waals surface area contributed by atoms with Crippen LogP contribution in [-0.2, 0) is 11.2 Å². The molecule has 0 aliphatic carbocycles. The number of benzene rings is 3. The summed E-state index contributed by atoms with van der Waals surface area (Å²) < 4.78 is 0. The fraction of sp³-hybridized carbons (Fsp3) is 0.174. The Kier molecular flexibility index (Phi) is 6.54. The van der Waals surface area contributed by atoms with Crippen LogP contribution in [0.5, 0.6) is 0 Å². The second kappa shape index (κ2) is 9.07. The van der Waals surface area contributed by atoms with Gasteiger partial charge in [0.15, 0.2) is 0 Å². The van der Waals surface area contributed by atoms with Crippen LogP contribution in [0.25, 0.3) is 0 Å². The van der Waals surface area contributed by atoms with Gasteiger partial charge in [-0.2, -0.15) is 0 Å². The van der Waals surface area contributed by atoms with Crippen molar-refractivity contribution in [1.82, 2.24) is 5.32 Å². The van der Waals surface area contributed by atoms with Crippen LogP contribution in [0.15, 0.2) is 72.8 Å². The molecule has 0 spiro atoms. The van der Waals surface area contributed by atoms with Crippen LogP contribution in [0.3, 0.4) is 0 Å². The molecule has 0 aromatic heterocycles. The molecule has 1 atom stereocenters. The van der Waals surface area contributed by atoms with E-state index in [1.54, 1.807) is 18.2 Å². The second-order valence-corrected chi connectivity index (χ2v) is 7.34. The van der Waals surface area contributed by atoms with Gasteiger partial charge < -0.3 is 5.32 Å². The first-order chi connectivity index (χ1) is 13.0. The Bertz CT molecular complexity index is 904. The Morgan fingerprint density at radius 1 is 0.889 bits per heavy atom. The summed E-state index contributed by atoms with van der Waals surface area (Å²) >= 11 is 12.4. The molecule has 3 aromatic carbocycles. The number of carbonyl (C=O) groups is 1. The first-order valence-corrected chi connectivity index (χ1v) is 9.64. The zero-order valence-corrected chi connectivity index (χ0v) is 16.6. The fourth-order valence-electron chi connectivity index (χ4n) is 3.10. The summed E-state index contributed by atoms with van der Waals surface area (Å²) in [5.74, 6) is -0.0404. The zero-order valence-electron chi connectivity index (χ0n) is 15.1. The van der Waals surface area contributed by atoms with E-state index in [-0.39, 0.29) is 11.9 Å². The van der Waals surface area contributed by atoms with E-state index in [2.05, 4.69) is 11.4 Å². The van der Waals surface area contributed by atoms with Crippen LogP contribution in [0, 0.1) is 6.92 Å². The van der Waals surface area contributed by atoms with Crippen molar-refractivity contribution in [3.05, 3.63) is 105 Å². The molecule has 2 nitrogen and oxygen atoms in total. The van der Waals surface area contributed by atoms with Crippen LogP contribution in [-0.4, -0.2) is 5.91 Å². The lowest BCUT2D eigenvalue weighted by molar-refractivity contribution is -0.121. The molecule has 1 N–H and O–H groups in total. The number of halogens is 2. The highest BCUT2D eigenvalue weighted by atomic mass is 35.5. The van der Waals surface area contributed by atoms with Crippen molar-refractivity contribution < 1.29 is 4.79 Å². The highest BCUT2D eigenvalue weighted by Crippen LogP contribution is 2.26. The molecular formula is C23H21Cl2NO. The average molecular weight is 398 g/mol. The molecule has 0 saturated heterocycles. The smallest absolute Gasteiger partial charge is 0.221 e. The Hall–Kier alpha value is -2.29. The van der Waals surface area contributed by atoms with E-state index < -0.39 is 0 Å². The Balaban J connectivity index is 1.77. The van der Waals surface area contributed by atoms with E-state index in [9.17, 15) is 4.79 Å². The van der Waals surface area contributed by atoms with Gasteiger partial charge in [-0.1, -0.05) is 89.4 Å². The van der Waals surface area contributed by atoms with E-state index in [0.29, 0.717) is 22.9 Å². The third kappa shape index (κ3) is 5.12. The van der Waals surface area contributed by atoms with Crippen LogP contribution in [0.2, 0.25) is 10.0 Å². The Morgan fingerprint density at radius 3 is 2.19 bits per heavy atom. The van der Waals surface area contributed by atoms with Gasteiger partial charge in [0.2, 0.25) is 5.91 Å². The van der Waals surface area contributed by atoms with Gasteiger partial charge in [0, 0.05) is 16.5 Å². The summed E-state index contributed by atoms with van der Waals surface area (Å²) in [5, 5.41) is 4.34. The number of aryl methyl sites for hydroxylation is 1. The summed E-state index contributed by atoms with van der Waals surface area (Å²) in [4.78, 5) is 12.7. The summed E-state index contributed by atoms with van der Waals surface area (Å²) in [6.07, 6.45) is 0.818. The summed E-state index contributed by atoms with van der Waals surface area (Å²) in [6.45, 7) is 2.05. The van der Waals surface area contributed by atoms with E-state index in [1.807, 2.05) is 55.5 Å². The van der Waals surface area contributed by atoms with E-state index >= 15 is 0 Å². The van der Waals surface area contributed by atoms with Crippen molar-refractivity contribution in [2.75, 3.05) is 0 Å². The van der Waals surface area contributed by atoms with E-state index in [4.69, 9.17) is 23.2 Å². The molecule has 4 heteroatoms. The monoisotopic (exact) mass is 397 g/mol. The molecule has 3 aromatic rings. The number of rotatable bonds is 6. The first kappa shape index (κ1) is 19.5. The lowest BCUT2D eigenvalue weighted by Gasteiger charge is -2.20. The number of hydrogen-bond acceptors (Lipinski definition) is 1. The summed E-state index contributed by atoms with van der Waals surface area (Å²) in [7, 11) is 0. The minimum absolute atomic E-state index is 0.0404. The molecule has 0 radical (unpaired) electrons. The van der Waals surface area contributed by atoms with Gasteiger partial charge in [-0.05, 0) is 42.2 Å². The van der Waals surface area contributed by atoms with Gasteiger partial charge in [0.25, 0.3) is 0 Å². The van der Waals surface area contributed by atoms with Crippen molar-refractivity contribution >= 4 is 29.1 Å². The molecule has 0 bridgehead atoms. The number of amides is 1. The predicted octanol–water partition coefficient (Wildman–Crippen LogP) is 6.14. The highest BCUT2D eigenvalue weighted by molar-refractivity contribution is 6.36. The maximum Gasteiger partial charge on any atom is 0.221 e. The maximum absolute atomic E-state index is 12.7. The minimum atomic E-state index is -0.194. The van der Waals surface area contributed by atoms with Crippen LogP contribution >= 0.6 is 23.2 Å².